The predicted molar refractivity (Wildman–Crippen MR) is 82.0 cm³/mol. The van der Waals surface area contributed by atoms with Crippen LogP contribution in [0.15, 0.2) is 18.2 Å². The van der Waals surface area contributed by atoms with Crippen molar-refractivity contribution in [2.24, 2.45) is 5.41 Å². The molecular weight excluding hydrogens is 285 g/mol. The number of aliphatic hydroxyl groups is 1. The normalized spacial score (nSPS) is 26.1. The fraction of sp³-hybridized carbons (Fsp3) is 0.588. The third kappa shape index (κ3) is 3.47. The monoisotopic (exact) mass is 309 g/mol. The highest BCUT2D eigenvalue weighted by molar-refractivity contribution is 5.76. The van der Waals surface area contributed by atoms with Gasteiger partial charge in [-0.25, -0.2) is 4.39 Å². The Labute approximate surface area is 130 Å². The van der Waals surface area contributed by atoms with E-state index in [0.29, 0.717) is 38.9 Å². The number of carboxylic acids is 1. The zero-order chi connectivity index (χ0) is 16.3. The molecule has 122 valence electrons. The van der Waals surface area contributed by atoms with Gasteiger partial charge in [0, 0.05) is 19.6 Å². The lowest BCUT2D eigenvalue weighted by Gasteiger charge is -2.43. The van der Waals surface area contributed by atoms with Crippen LogP contribution in [-0.4, -0.2) is 40.3 Å². The molecule has 0 saturated carbocycles. The summed E-state index contributed by atoms with van der Waals surface area (Å²) < 4.78 is 13.5. The second-order valence-corrected chi connectivity index (χ2v) is 6.36. The van der Waals surface area contributed by atoms with E-state index in [4.69, 9.17) is 0 Å². The second kappa shape index (κ2) is 6.75. The number of carbonyl (C=O) groups is 1. The van der Waals surface area contributed by atoms with E-state index in [0.717, 1.165) is 11.1 Å². The van der Waals surface area contributed by atoms with Crippen LogP contribution >= 0.6 is 0 Å². The first-order valence-corrected chi connectivity index (χ1v) is 7.77. The number of hydrogen-bond donors (Lipinski definition) is 2. The molecule has 1 saturated heterocycles. The Hall–Kier alpha value is -1.46. The molecule has 0 amide bonds. The molecule has 5 heteroatoms. The van der Waals surface area contributed by atoms with Crippen molar-refractivity contribution in [3.05, 3.63) is 35.1 Å². The van der Waals surface area contributed by atoms with E-state index in [1.807, 2.05) is 24.8 Å². The number of carboxylic acid groups (broad SMARTS) is 1. The van der Waals surface area contributed by atoms with Gasteiger partial charge in [-0.15, -0.1) is 0 Å². The number of piperidine rings is 1. The summed E-state index contributed by atoms with van der Waals surface area (Å²) in [5, 5.41) is 19.8. The van der Waals surface area contributed by atoms with Crippen LogP contribution in [0.4, 0.5) is 4.39 Å². The van der Waals surface area contributed by atoms with E-state index in [1.165, 1.54) is 12.1 Å². The number of aliphatic carboxylic acids is 1. The van der Waals surface area contributed by atoms with Crippen molar-refractivity contribution in [1.82, 2.24) is 4.90 Å². The smallest absolute Gasteiger partial charge is 0.313 e. The van der Waals surface area contributed by atoms with E-state index in [1.54, 1.807) is 0 Å². The van der Waals surface area contributed by atoms with Gasteiger partial charge in [0.2, 0.25) is 0 Å². The molecule has 2 N–H and O–H groups in total. The van der Waals surface area contributed by atoms with Crippen LogP contribution < -0.4 is 0 Å². The molecule has 22 heavy (non-hydrogen) atoms. The van der Waals surface area contributed by atoms with E-state index >= 15 is 0 Å². The average molecular weight is 309 g/mol. The lowest BCUT2D eigenvalue weighted by molar-refractivity contribution is -0.164. The molecule has 0 unspecified atom stereocenters. The molecule has 0 aliphatic carbocycles. The molecule has 1 aliphatic rings. The zero-order valence-corrected chi connectivity index (χ0v) is 13.2. The summed E-state index contributed by atoms with van der Waals surface area (Å²) in [4.78, 5) is 13.7. The zero-order valence-electron chi connectivity index (χ0n) is 13.2. The minimum atomic E-state index is -1.12. The fourth-order valence-electron chi connectivity index (χ4n) is 3.47. The quantitative estimate of drug-likeness (QED) is 0.877. The first-order valence-electron chi connectivity index (χ1n) is 7.77. The van der Waals surface area contributed by atoms with Crippen LogP contribution in [0, 0.1) is 18.2 Å². The Bertz CT molecular complexity index is 528. The summed E-state index contributed by atoms with van der Waals surface area (Å²) >= 11 is 0. The maximum atomic E-state index is 13.5. The molecule has 4 nitrogen and oxygen atoms in total. The average Bonchev–Trinajstić information content (AvgIpc) is 2.41. The van der Waals surface area contributed by atoms with E-state index < -0.39 is 17.5 Å². The van der Waals surface area contributed by atoms with Gasteiger partial charge in [-0.2, -0.15) is 0 Å². The molecule has 0 spiro atoms. The number of halogens is 1. The minimum absolute atomic E-state index is 0.273. The summed E-state index contributed by atoms with van der Waals surface area (Å²) in [6, 6.07) is 4.87. The molecule has 1 aromatic rings. The first kappa shape index (κ1) is 16.9. The molecule has 1 heterocycles. The van der Waals surface area contributed by atoms with Gasteiger partial charge in [-0.05, 0) is 43.0 Å². The summed E-state index contributed by atoms with van der Waals surface area (Å²) in [6.45, 7) is 5.18. The molecule has 0 radical (unpaired) electrons. The second-order valence-electron chi connectivity index (χ2n) is 6.36. The number of likely N-dealkylation sites (tertiary alicyclic amines) is 1. The summed E-state index contributed by atoms with van der Waals surface area (Å²) in [6.07, 6.45) is 0.759. The van der Waals surface area contributed by atoms with Crippen LogP contribution in [0.1, 0.15) is 37.3 Å². The Morgan fingerprint density at radius 1 is 1.45 bits per heavy atom. The van der Waals surface area contributed by atoms with Gasteiger partial charge in [0.15, 0.2) is 0 Å². The highest BCUT2D eigenvalue weighted by Crippen LogP contribution is 2.36. The summed E-state index contributed by atoms with van der Waals surface area (Å²) in [7, 11) is 0. The van der Waals surface area contributed by atoms with Gasteiger partial charge in [0.05, 0.1) is 6.10 Å². The molecule has 0 aromatic heterocycles. The highest BCUT2D eigenvalue weighted by Gasteiger charge is 2.48. The van der Waals surface area contributed by atoms with Gasteiger partial charge in [0.1, 0.15) is 11.2 Å². The number of aliphatic hydroxyl groups excluding tert-OH is 1. The third-order valence-corrected chi connectivity index (χ3v) is 4.49. The van der Waals surface area contributed by atoms with Crippen molar-refractivity contribution >= 4 is 5.97 Å². The van der Waals surface area contributed by atoms with Crippen LogP contribution in [0.5, 0.6) is 0 Å². The van der Waals surface area contributed by atoms with Crippen LogP contribution in [0.2, 0.25) is 0 Å². The van der Waals surface area contributed by atoms with Crippen molar-refractivity contribution in [2.75, 3.05) is 13.1 Å². The molecule has 2 atom stereocenters. The number of aryl methyl sites for hydroxylation is 1. The third-order valence-electron chi connectivity index (χ3n) is 4.49. The van der Waals surface area contributed by atoms with Crippen molar-refractivity contribution in [1.29, 1.82) is 0 Å². The minimum Gasteiger partial charge on any atom is -0.481 e. The standard InChI is InChI=1S/C17H24FNO3/c1-3-5-17(16(21)22)11-19(6-4-15(17)20)10-13-7-12(2)8-14(18)9-13/h7-9,15,20H,3-6,10-11H2,1-2H3,(H,21,22)/t15-,17+/m0/s1. The van der Waals surface area contributed by atoms with Crippen LogP contribution in [0.3, 0.4) is 0 Å². The van der Waals surface area contributed by atoms with Gasteiger partial charge in [-0.3, -0.25) is 9.69 Å². The topological polar surface area (TPSA) is 60.8 Å². The number of hydrogen-bond acceptors (Lipinski definition) is 3. The van der Waals surface area contributed by atoms with Crippen molar-refractivity contribution in [2.45, 2.75) is 45.8 Å². The molecule has 1 fully saturated rings. The maximum Gasteiger partial charge on any atom is 0.313 e. The molecule has 1 aliphatic heterocycles. The Morgan fingerprint density at radius 2 is 2.18 bits per heavy atom. The Morgan fingerprint density at radius 3 is 2.77 bits per heavy atom. The Kier molecular flexibility index (Phi) is 5.19. The van der Waals surface area contributed by atoms with Gasteiger partial charge in [0.25, 0.3) is 0 Å². The fourth-order valence-corrected chi connectivity index (χ4v) is 3.47. The van der Waals surface area contributed by atoms with E-state index in [2.05, 4.69) is 0 Å². The molecule has 0 bridgehead atoms. The predicted octanol–water partition coefficient (Wildman–Crippen LogP) is 2.57. The number of benzene rings is 1. The van der Waals surface area contributed by atoms with E-state index in [9.17, 15) is 19.4 Å². The first-order chi connectivity index (χ1) is 10.4. The van der Waals surface area contributed by atoms with Gasteiger partial charge in [-0.1, -0.05) is 19.4 Å². The molecule has 1 aromatic carbocycles. The SMILES string of the molecule is CCC[C@@]1(C(=O)O)CN(Cc2cc(C)cc(F)c2)CC[C@@H]1O. The number of rotatable bonds is 5. The molecule has 2 rings (SSSR count). The van der Waals surface area contributed by atoms with Crippen molar-refractivity contribution in [3.63, 3.8) is 0 Å². The van der Waals surface area contributed by atoms with Crippen LogP contribution in [-0.2, 0) is 11.3 Å². The van der Waals surface area contributed by atoms with Gasteiger partial charge < -0.3 is 10.2 Å². The number of nitrogens with zero attached hydrogens (tertiary/aromatic N) is 1. The Balaban J connectivity index is 2.17. The maximum absolute atomic E-state index is 13.5. The van der Waals surface area contributed by atoms with Crippen molar-refractivity contribution in [3.8, 4) is 0 Å². The molecular formula is C17H24FNO3. The van der Waals surface area contributed by atoms with Crippen molar-refractivity contribution < 1.29 is 19.4 Å². The summed E-state index contributed by atoms with van der Waals surface area (Å²) in [5.41, 5.74) is 0.574. The van der Waals surface area contributed by atoms with Crippen LogP contribution in [0.25, 0.3) is 0 Å². The highest BCUT2D eigenvalue weighted by atomic mass is 19.1. The summed E-state index contributed by atoms with van der Waals surface area (Å²) in [5.74, 6) is -1.22. The lowest BCUT2D eigenvalue weighted by atomic mass is 9.74. The lowest BCUT2D eigenvalue weighted by Crippen LogP contribution is -2.55. The largest absolute Gasteiger partial charge is 0.481 e. The van der Waals surface area contributed by atoms with E-state index in [-0.39, 0.29) is 5.82 Å². The van der Waals surface area contributed by atoms with Gasteiger partial charge >= 0.3 is 5.97 Å².